The molecule has 4 nitrogen and oxygen atoms in total. The molecule has 1 N–H and O–H groups in total. The Morgan fingerprint density at radius 3 is 2.87 bits per heavy atom. The van der Waals surface area contributed by atoms with Gasteiger partial charge in [-0.25, -0.2) is 0 Å². The van der Waals surface area contributed by atoms with Crippen molar-refractivity contribution in [2.75, 3.05) is 6.79 Å². The molecule has 0 unspecified atom stereocenters. The van der Waals surface area contributed by atoms with Crippen LogP contribution >= 0.6 is 11.6 Å². The van der Waals surface area contributed by atoms with Crippen LogP contribution in [0.15, 0.2) is 6.07 Å². The molecule has 5 heteroatoms. The van der Waals surface area contributed by atoms with E-state index in [2.05, 4.69) is 0 Å². The Kier molecular flexibility index (Phi) is 2.44. The summed E-state index contributed by atoms with van der Waals surface area (Å²) in [5, 5.41) is 9.11. The molecule has 1 heterocycles. The summed E-state index contributed by atoms with van der Waals surface area (Å²) >= 11 is 5.93. The number of hydrogen-bond donors (Lipinski definition) is 1. The summed E-state index contributed by atoms with van der Waals surface area (Å²) in [6.45, 7) is 1.93. The number of rotatable bonds is 2. The lowest BCUT2D eigenvalue weighted by Gasteiger charge is -2.08. The van der Waals surface area contributed by atoms with Crippen LogP contribution < -0.4 is 9.47 Å². The van der Waals surface area contributed by atoms with Crippen LogP contribution in [0.4, 0.5) is 0 Å². The van der Waals surface area contributed by atoms with Crippen molar-refractivity contribution in [2.45, 2.75) is 13.3 Å². The molecule has 0 atom stereocenters. The summed E-state index contributed by atoms with van der Waals surface area (Å²) in [6.07, 6.45) is -0.0673. The summed E-state index contributed by atoms with van der Waals surface area (Å²) in [7, 11) is 0. The quantitative estimate of drug-likeness (QED) is 0.841. The minimum Gasteiger partial charge on any atom is -0.481 e. The third-order valence-corrected chi connectivity index (χ3v) is 2.58. The van der Waals surface area contributed by atoms with Gasteiger partial charge < -0.3 is 14.6 Å². The molecule has 1 aromatic rings. The van der Waals surface area contributed by atoms with Gasteiger partial charge in [-0.3, -0.25) is 4.79 Å². The van der Waals surface area contributed by atoms with Crippen molar-refractivity contribution in [3.63, 3.8) is 0 Å². The summed E-state index contributed by atoms with van der Waals surface area (Å²) in [5.74, 6) is 0.162. The smallest absolute Gasteiger partial charge is 0.307 e. The van der Waals surface area contributed by atoms with Crippen LogP contribution in [0.1, 0.15) is 11.1 Å². The van der Waals surface area contributed by atoms with Gasteiger partial charge in [-0.05, 0) is 24.1 Å². The summed E-state index contributed by atoms with van der Waals surface area (Å²) in [5.41, 5.74) is 1.42. The van der Waals surface area contributed by atoms with Crippen LogP contribution in [0.3, 0.4) is 0 Å². The Labute approximate surface area is 91.4 Å². The number of fused-ring (bicyclic) bond motifs is 1. The predicted octanol–water partition coefficient (Wildman–Crippen LogP) is 2.00. The highest BCUT2D eigenvalue weighted by Gasteiger charge is 2.22. The van der Waals surface area contributed by atoms with E-state index in [1.54, 1.807) is 13.0 Å². The van der Waals surface area contributed by atoms with Crippen LogP contribution in [0.2, 0.25) is 5.02 Å². The van der Waals surface area contributed by atoms with Gasteiger partial charge in [-0.2, -0.15) is 0 Å². The van der Waals surface area contributed by atoms with Crippen LogP contribution in [0, 0.1) is 6.92 Å². The first-order valence-electron chi connectivity index (χ1n) is 4.39. The Bertz CT molecular complexity index is 428. The molecule has 0 bridgehead atoms. The number of carboxylic acids is 1. The van der Waals surface area contributed by atoms with Gasteiger partial charge in [-0.1, -0.05) is 11.6 Å². The molecule has 2 rings (SSSR count). The van der Waals surface area contributed by atoms with Gasteiger partial charge in [0, 0.05) is 0 Å². The zero-order chi connectivity index (χ0) is 11.0. The van der Waals surface area contributed by atoms with Crippen molar-refractivity contribution >= 4 is 17.6 Å². The van der Waals surface area contributed by atoms with E-state index in [0.717, 1.165) is 5.56 Å². The van der Waals surface area contributed by atoms with E-state index in [1.807, 2.05) is 0 Å². The van der Waals surface area contributed by atoms with Gasteiger partial charge in [0.1, 0.15) is 0 Å². The summed E-state index contributed by atoms with van der Waals surface area (Å²) in [6, 6.07) is 1.61. The SMILES string of the molecule is Cc1c(CC(=O)O)cc(Cl)c2c1OCO2. The Morgan fingerprint density at radius 2 is 2.20 bits per heavy atom. The molecule has 0 aromatic heterocycles. The Balaban J connectivity index is 2.50. The summed E-state index contributed by atoms with van der Waals surface area (Å²) in [4.78, 5) is 10.6. The maximum absolute atomic E-state index is 10.6. The van der Waals surface area contributed by atoms with E-state index in [4.69, 9.17) is 26.2 Å². The highest BCUT2D eigenvalue weighted by Crippen LogP contribution is 2.43. The second kappa shape index (κ2) is 3.62. The number of benzene rings is 1. The predicted molar refractivity (Wildman–Crippen MR) is 53.7 cm³/mol. The lowest BCUT2D eigenvalue weighted by atomic mass is 10.0. The zero-order valence-corrected chi connectivity index (χ0v) is 8.80. The standard InChI is InChI=1S/C10H9ClO4/c1-5-6(3-8(12)13)2-7(11)10-9(5)14-4-15-10/h2H,3-4H2,1H3,(H,12,13). The van der Waals surface area contributed by atoms with Gasteiger partial charge in [0.25, 0.3) is 0 Å². The average Bonchev–Trinajstić information content (AvgIpc) is 2.61. The fourth-order valence-corrected chi connectivity index (χ4v) is 1.83. The fraction of sp³-hybridized carbons (Fsp3) is 0.300. The van der Waals surface area contributed by atoms with Crippen molar-refractivity contribution in [1.82, 2.24) is 0 Å². The molecule has 0 radical (unpaired) electrons. The van der Waals surface area contributed by atoms with E-state index in [9.17, 15) is 4.79 Å². The van der Waals surface area contributed by atoms with Gasteiger partial charge >= 0.3 is 5.97 Å². The number of carboxylic acid groups (broad SMARTS) is 1. The third kappa shape index (κ3) is 1.72. The minimum absolute atomic E-state index is 0.0673. The van der Waals surface area contributed by atoms with Crippen molar-refractivity contribution in [1.29, 1.82) is 0 Å². The average molecular weight is 229 g/mol. The van der Waals surface area contributed by atoms with Gasteiger partial charge in [0.2, 0.25) is 6.79 Å². The van der Waals surface area contributed by atoms with Crippen molar-refractivity contribution in [3.05, 3.63) is 22.2 Å². The second-order valence-electron chi connectivity index (χ2n) is 3.28. The number of halogens is 1. The molecule has 1 aliphatic rings. The molecule has 0 saturated carbocycles. The highest BCUT2D eigenvalue weighted by molar-refractivity contribution is 6.32. The fourth-order valence-electron chi connectivity index (χ4n) is 1.55. The molecule has 1 aliphatic heterocycles. The molecule has 80 valence electrons. The number of hydrogen-bond acceptors (Lipinski definition) is 3. The lowest BCUT2D eigenvalue weighted by Crippen LogP contribution is -2.02. The molecular formula is C10H9ClO4. The van der Waals surface area contributed by atoms with Crippen LogP contribution in [0.5, 0.6) is 11.5 Å². The van der Waals surface area contributed by atoms with Gasteiger partial charge in [0.15, 0.2) is 11.5 Å². The molecule has 0 fully saturated rings. The van der Waals surface area contributed by atoms with Crippen molar-refractivity contribution < 1.29 is 19.4 Å². The highest BCUT2D eigenvalue weighted by atomic mass is 35.5. The normalized spacial score (nSPS) is 12.9. The molecule has 0 aliphatic carbocycles. The third-order valence-electron chi connectivity index (χ3n) is 2.29. The lowest BCUT2D eigenvalue weighted by molar-refractivity contribution is -0.136. The topological polar surface area (TPSA) is 55.8 Å². The first-order chi connectivity index (χ1) is 7.09. The molecular weight excluding hydrogens is 220 g/mol. The number of ether oxygens (including phenoxy) is 2. The van der Waals surface area contributed by atoms with E-state index in [-0.39, 0.29) is 13.2 Å². The van der Waals surface area contributed by atoms with E-state index < -0.39 is 5.97 Å². The number of aliphatic carboxylic acids is 1. The zero-order valence-electron chi connectivity index (χ0n) is 8.04. The second-order valence-corrected chi connectivity index (χ2v) is 3.69. The minimum atomic E-state index is -0.895. The maximum atomic E-state index is 10.6. The maximum Gasteiger partial charge on any atom is 0.307 e. The van der Waals surface area contributed by atoms with E-state index >= 15 is 0 Å². The Hall–Kier alpha value is -1.42. The largest absolute Gasteiger partial charge is 0.481 e. The molecule has 0 amide bonds. The van der Waals surface area contributed by atoms with E-state index in [0.29, 0.717) is 22.1 Å². The van der Waals surface area contributed by atoms with Crippen LogP contribution in [0.25, 0.3) is 0 Å². The van der Waals surface area contributed by atoms with Crippen LogP contribution in [-0.4, -0.2) is 17.9 Å². The summed E-state index contributed by atoms with van der Waals surface area (Å²) < 4.78 is 10.4. The Morgan fingerprint density at radius 1 is 1.53 bits per heavy atom. The molecule has 0 spiro atoms. The number of carbonyl (C=O) groups is 1. The molecule has 0 saturated heterocycles. The van der Waals surface area contributed by atoms with Crippen LogP contribution in [-0.2, 0) is 11.2 Å². The molecule has 15 heavy (non-hydrogen) atoms. The molecule has 1 aromatic carbocycles. The van der Waals surface area contributed by atoms with Gasteiger partial charge in [-0.15, -0.1) is 0 Å². The van der Waals surface area contributed by atoms with Crippen molar-refractivity contribution in [3.8, 4) is 11.5 Å². The van der Waals surface area contributed by atoms with Gasteiger partial charge in [0.05, 0.1) is 11.4 Å². The first-order valence-corrected chi connectivity index (χ1v) is 4.76. The first kappa shape index (κ1) is 10.1. The van der Waals surface area contributed by atoms with Crippen molar-refractivity contribution in [2.24, 2.45) is 0 Å². The monoisotopic (exact) mass is 228 g/mol. The van der Waals surface area contributed by atoms with E-state index in [1.165, 1.54) is 0 Å².